The van der Waals surface area contributed by atoms with E-state index in [-0.39, 0.29) is 30.4 Å². The van der Waals surface area contributed by atoms with E-state index >= 15 is 0 Å². The zero-order chi connectivity index (χ0) is 8.72. The minimum Gasteiger partial charge on any atom is -0.368 e. The number of rotatable bonds is 0. The molecule has 0 saturated carbocycles. The average Bonchev–Trinajstić information content (AvgIpc) is 2.53. The summed E-state index contributed by atoms with van der Waals surface area (Å²) in [5.41, 5.74) is 0. The smallest absolute Gasteiger partial charge is 0.220 e. The molecule has 12 heavy (non-hydrogen) atoms. The molecule has 0 spiro atoms. The van der Waals surface area contributed by atoms with Crippen molar-refractivity contribution in [1.82, 2.24) is 4.90 Å². The van der Waals surface area contributed by atoms with Gasteiger partial charge in [0.2, 0.25) is 5.91 Å². The molecule has 4 heteroatoms. The minimum absolute atomic E-state index is 0.0265. The first-order valence-corrected chi connectivity index (χ1v) is 4.11. The van der Waals surface area contributed by atoms with Crippen LogP contribution in [0.3, 0.4) is 0 Å². The Labute approximate surface area is 70.5 Å². The van der Waals surface area contributed by atoms with Crippen LogP contribution in [0.2, 0.25) is 0 Å². The van der Waals surface area contributed by atoms with Crippen LogP contribution in [-0.2, 0) is 14.3 Å². The molecule has 2 heterocycles. The summed E-state index contributed by atoms with van der Waals surface area (Å²) in [6.45, 7) is 2.34. The van der Waals surface area contributed by atoms with Crippen molar-refractivity contribution in [3.05, 3.63) is 0 Å². The maximum absolute atomic E-state index is 11.3. The van der Waals surface area contributed by atoms with E-state index in [1.165, 1.54) is 6.92 Å². The fourth-order valence-electron chi connectivity index (χ4n) is 1.95. The third kappa shape index (κ3) is 0.948. The molecule has 0 aliphatic carbocycles. The fraction of sp³-hybridized carbons (Fsp3) is 0.750. The van der Waals surface area contributed by atoms with Gasteiger partial charge in [-0.3, -0.25) is 9.59 Å². The van der Waals surface area contributed by atoms with Crippen LogP contribution < -0.4 is 0 Å². The largest absolute Gasteiger partial charge is 0.368 e. The Kier molecular flexibility index (Phi) is 1.65. The lowest BCUT2D eigenvalue weighted by Crippen LogP contribution is -2.40. The maximum Gasteiger partial charge on any atom is 0.220 e. The lowest BCUT2D eigenvalue weighted by molar-refractivity contribution is -0.134. The van der Waals surface area contributed by atoms with Gasteiger partial charge < -0.3 is 9.64 Å². The van der Waals surface area contributed by atoms with Crippen molar-refractivity contribution in [3.8, 4) is 0 Å². The van der Waals surface area contributed by atoms with Gasteiger partial charge >= 0.3 is 0 Å². The van der Waals surface area contributed by atoms with E-state index in [9.17, 15) is 9.59 Å². The third-order valence-electron chi connectivity index (χ3n) is 2.52. The van der Waals surface area contributed by atoms with Crippen molar-refractivity contribution in [2.24, 2.45) is 0 Å². The van der Waals surface area contributed by atoms with E-state index in [1.54, 1.807) is 4.90 Å². The van der Waals surface area contributed by atoms with Crippen LogP contribution in [0, 0.1) is 0 Å². The summed E-state index contributed by atoms with van der Waals surface area (Å²) in [5.74, 6) is 0.0223. The van der Waals surface area contributed by atoms with Gasteiger partial charge in [0.15, 0.2) is 5.78 Å². The summed E-state index contributed by atoms with van der Waals surface area (Å²) in [6, 6.07) is -0.275. The predicted octanol–water partition coefficient (Wildman–Crippen LogP) is -0.425. The summed E-state index contributed by atoms with van der Waals surface area (Å²) in [7, 11) is 0. The topological polar surface area (TPSA) is 46.6 Å². The lowest BCUT2D eigenvalue weighted by Gasteiger charge is -2.19. The van der Waals surface area contributed by atoms with Crippen LogP contribution in [-0.4, -0.2) is 41.9 Å². The van der Waals surface area contributed by atoms with Crippen molar-refractivity contribution >= 4 is 11.7 Å². The highest BCUT2D eigenvalue weighted by atomic mass is 16.5. The molecule has 0 aromatic heterocycles. The molecule has 0 bridgehead atoms. The predicted molar refractivity (Wildman–Crippen MR) is 40.5 cm³/mol. The minimum atomic E-state index is -0.275. The summed E-state index contributed by atoms with van der Waals surface area (Å²) < 4.78 is 5.23. The van der Waals surface area contributed by atoms with E-state index < -0.39 is 0 Å². The van der Waals surface area contributed by atoms with Crippen LogP contribution >= 0.6 is 0 Å². The van der Waals surface area contributed by atoms with Crippen molar-refractivity contribution < 1.29 is 14.3 Å². The van der Waals surface area contributed by atoms with Gasteiger partial charge in [0, 0.05) is 13.5 Å². The molecule has 2 unspecified atom stereocenters. The van der Waals surface area contributed by atoms with E-state index in [2.05, 4.69) is 0 Å². The molecule has 2 aliphatic heterocycles. The molecule has 2 rings (SSSR count). The Hall–Kier alpha value is -0.900. The second-order valence-electron chi connectivity index (χ2n) is 3.26. The van der Waals surface area contributed by atoms with E-state index in [4.69, 9.17) is 4.74 Å². The molecule has 0 aromatic rings. The number of amides is 1. The number of carbonyl (C=O) groups is 2. The number of carbonyl (C=O) groups excluding carboxylic acids is 2. The number of ether oxygens (including phenoxy) is 1. The maximum atomic E-state index is 11.3. The standard InChI is InChI=1S/C8H11NO3/c1-5(10)9-3-2-7-8(9)6(11)4-12-7/h7-8H,2-4H2,1H3. The first-order chi connectivity index (χ1) is 5.70. The number of nitrogens with zero attached hydrogens (tertiary/aromatic N) is 1. The molecule has 2 aliphatic rings. The number of hydrogen-bond donors (Lipinski definition) is 0. The zero-order valence-corrected chi connectivity index (χ0v) is 6.95. The second-order valence-corrected chi connectivity index (χ2v) is 3.26. The molecule has 0 radical (unpaired) electrons. The lowest BCUT2D eigenvalue weighted by atomic mass is 10.1. The molecular weight excluding hydrogens is 158 g/mol. The van der Waals surface area contributed by atoms with E-state index in [0.717, 1.165) is 6.42 Å². The summed E-state index contributed by atoms with van der Waals surface area (Å²) in [4.78, 5) is 23.9. The van der Waals surface area contributed by atoms with Crippen molar-refractivity contribution in [2.45, 2.75) is 25.5 Å². The van der Waals surface area contributed by atoms with Gasteiger partial charge in [0.1, 0.15) is 12.6 Å². The molecule has 2 fully saturated rings. The van der Waals surface area contributed by atoms with Crippen LogP contribution in [0.15, 0.2) is 0 Å². The van der Waals surface area contributed by atoms with E-state index in [1.807, 2.05) is 0 Å². The van der Waals surface area contributed by atoms with Gasteiger partial charge in [-0.1, -0.05) is 0 Å². The molecular formula is C8H11NO3. The highest BCUT2D eigenvalue weighted by Gasteiger charge is 2.45. The molecule has 0 N–H and O–H groups in total. The molecule has 2 saturated heterocycles. The number of hydrogen-bond acceptors (Lipinski definition) is 3. The average molecular weight is 169 g/mol. The third-order valence-corrected chi connectivity index (χ3v) is 2.52. The zero-order valence-electron chi connectivity index (χ0n) is 6.95. The normalized spacial score (nSPS) is 34.1. The van der Waals surface area contributed by atoms with Gasteiger partial charge in [-0.15, -0.1) is 0 Å². The summed E-state index contributed by atoms with van der Waals surface area (Å²) in [6.07, 6.45) is 0.775. The van der Waals surface area contributed by atoms with Gasteiger partial charge in [-0.05, 0) is 6.42 Å². The quantitative estimate of drug-likeness (QED) is 0.494. The van der Waals surface area contributed by atoms with Gasteiger partial charge in [0.25, 0.3) is 0 Å². The van der Waals surface area contributed by atoms with Gasteiger partial charge in [0.05, 0.1) is 6.10 Å². The first kappa shape index (κ1) is 7.73. The summed E-state index contributed by atoms with van der Waals surface area (Å²) >= 11 is 0. The molecule has 66 valence electrons. The monoisotopic (exact) mass is 169 g/mol. The second kappa shape index (κ2) is 2.55. The van der Waals surface area contributed by atoms with Gasteiger partial charge in [-0.2, -0.15) is 0 Å². The number of ketones is 1. The Morgan fingerprint density at radius 1 is 1.67 bits per heavy atom. The number of Topliss-reactive ketones (excluding diaryl/α,β-unsaturated/α-hetero) is 1. The first-order valence-electron chi connectivity index (χ1n) is 4.11. The van der Waals surface area contributed by atoms with Crippen LogP contribution in [0.1, 0.15) is 13.3 Å². The SMILES string of the molecule is CC(=O)N1CCC2OCC(=O)C21. The van der Waals surface area contributed by atoms with Crippen LogP contribution in [0.25, 0.3) is 0 Å². The Bertz CT molecular complexity index is 238. The van der Waals surface area contributed by atoms with Crippen LogP contribution in [0.5, 0.6) is 0 Å². The molecule has 1 amide bonds. The Balaban J connectivity index is 2.19. The molecule has 0 aromatic carbocycles. The number of likely N-dealkylation sites (tertiary alicyclic amines) is 1. The van der Waals surface area contributed by atoms with Crippen molar-refractivity contribution in [1.29, 1.82) is 0 Å². The molecule has 2 atom stereocenters. The Morgan fingerprint density at radius 2 is 2.42 bits per heavy atom. The van der Waals surface area contributed by atoms with Crippen molar-refractivity contribution in [2.75, 3.05) is 13.2 Å². The highest BCUT2D eigenvalue weighted by Crippen LogP contribution is 2.26. The fourth-order valence-corrected chi connectivity index (χ4v) is 1.95. The van der Waals surface area contributed by atoms with Crippen LogP contribution in [0.4, 0.5) is 0 Å². The van der Waals surface area contributed by atoms with Crippen molar-refractivity contribution in [3.63, 3.8) is 0 Å². The van der Waals surface area contributed by atoms with E-state index in [0.29, 0.717) is 6.54 Å². The van der Waals surface area contributed by atoms with Gasteiger partial charge in [-0.25, -0.2) is 0 Å². The Morgan fingerprint density at radius 3 is 3.08 bits per heavy atom. The number of fused-ring (bicyclic) bond motifs is 1. The molecule has 4 nitrogen and oxygen atoms in total. The highest BCUT2D eigenvalue weighted by molar-refractivity contribution is 5.92. The summed E-state index contributed by atoms with van der Waals surface area (Å²) in [5, 5.41) is 0.